The first-order chi connectivity index (χ1) is 15.0. The van der Waals surface area contributed by atoms with E-state index in [1.165, 1.54) is 5.57 Å². The Labute approximate surface area is 193 Å². The summed E-state index contributed by atoms with van der Waals surface area (Å²) in [5.74, 6) is 0.813. The molecular formula is C27H37NO3S. The predicted molar refractivity (Wildman–Crippen MR) is 128 cm³/mol. The van der Waals surface area contributed by atoms with Crippen LogP contribution in [-0.4, -0.2) is 33.5 Å². The van der Waals surface area contributed by atoms with Crippen LogP contribution in [0.3, 0.4) is 0 Å². The average molecular weight is 456 g/mol. The molecule has 4 nitrogen and oxygen atoms in total. The predicted octanol–water partition coefficient (Wildman–Crippen LogP) is 5.26. The van der Waals surface area contributed by atoms with Gasteiger partial charge in [-0.1, -0.05) is 57.5 Å². The number of rotatable bonds is 4. The van der Waals surface area contributed by atoms with Crippen LogP contribution in [0.4, 0.5) is 0 Å². The average Bonchev–Trinajstić information content (AvgIpc) is 3.44. The molecule has 3 fully saturated rings. The van der Waals surface area contributed by atoms with Crippen molar-refractivity contribution in [3.63, 3.8) is 0 Å². The Hall–Kier alpha value is -1.46. The van der Waals surface area contributed by atoms with Gasteiger partial charge in [-0.2, -0.15) is 0 Å². The molecule has 7 atom stereocenters. The van der Waals surface area contributed by atoms with Crippen molar-refractivity contribution in [3.05, 3.63) is 42.0 Å². The summed E-state index contributed by atoms with van der Waals surface area (Å²) in [5, 5.41) is 12.6. The van der Waals surface area contributed by atoms with E-state index in [1.807, 2.05) is 30.3 Å². The van der Waals surface area contributed by atoms with Crippen molar-refractivity contribution in [1.29, 1.82) is 0 Å². The van der Waals surface area contributed by atoms with Gasteiger partial charge < -0.3 is 5.11 Å². The van der Waals surface area contributed by atoms with Crippen molar-refractivity contribution >= 4 is 15.5 Å². The van der Waals surface area contributed by atoms with E-state index in [1.54, 1.807) is 7.05 Å². The molecule has 1 N–H and O–H groups in total. The summed E-state index contributed by atoms with van der Waals surface area (Å²) in [6.45, 7) is 8.69. The molecule has 174 valence electrons. The number of fused-ring (bicyclic) bond motifs is 2. The Morgan fingerprint density at radius 3 is 2.50 bits per heavy atom. The lowest BCUT2D eigenvalue weighted by Crippen LogP contribution is -2.55. The van der Waals surface area contributed by atoms with Crippen LogP contribution < -0.4 is 0 Å². The molecule has 5 rings (SSSR count). The van der Waals surface area contributed by atoms with Crippen molar-refractivity contribution in [2.24, 2.45) is 38.4 Å². The highest BCUT2D eigenvalue weighted by Gasteiger charge is 2.85. The largest absolute Gasteiger partial charge is 0.380 e. The van der Waals surface area contributed by atoms with Crippen molar-refractivity contribution in [3.8, 4) is 0 Å². The number of nitrogens with zero attached hydrogens (tertiary/aromatic N) is 1. The zero-order valence-electron chi connectivity index (χ0n) is 20.1. The maximum Gasteiger partial charge on any atom is 0.172 e. The van der Waals surface area contributed by atoms with Gasteiger partial charge in [-0.25, -0.2) is 8.57 Å². The molecule has 32 heavy (non-hydrogen) atoms. The van der Waals surface area contributed by atoms with E-state index in [0.29, 0.717) is 16.7 Å². The third-order valence-corrected chi connectivity index (χ3v) is 12.8. The first kappa shape index (κ1) is 22.3. The smallest absolute Gasteiger partial charge is 0.172 e. The van der Waals surface area contributed by atoms with Crippen LogP contribution in [0.5, 0.6) is 0 Å². The second-order valence-corrected chi connectivity index (χ2v) is 13.8. The van der Waals surface area contributed by atoms with E-state index in [4.69, 9.17) is 0 Å². The number of allylic oxidation sites excluding steroid dienone is 1. The SMILES string of the molecule is CN=S(=O)(C[C@]1(O)C(=O)[C@]2(C)[C@@H](C(C)C)CC[C@@]23C[C@@H]2CCC=C2[C@]31C)c1ccccc1. The highest BCUT2D eigenvalue weighted by atomic mass is 32.2. The lowest BCUT2D eigenvalue weighted by atomic mass is 9.56. The molecule has 1 aromatic rings. The van der Waals surface area contributed by atoms with E-state index in [2.05, 4.69) is 38.1 Å². The molecule has 1 aromatic carbocycles. The van der Waals surface area contributed by atoms with E-state index in [9.17, 15) is 14.1 Å². The molecule has 4 aliphatic carbocycles. The minimum atomic E-state index is -2.96. The van der Waals surface area contributed by atoms with E-state index in [-0.39, 0.29) is 22.9 Å². The number of ketones is 1. The van der Waals surface area contributed by atoms with E-state index < -0.39 is 26.2 Å². The Bertz CT molecular complexity index is 1120. The molecule has 0 bridgehead atoms. The van der Waals surface area contributed by atoms with Gasteiger partial charge in [-0.3, -0.25) is 4.79 Å². The van der Waals surface area contributed by atoms with Gasteiger partial charge >= 0.3 is 0 Å². The quantitative estimate of drug-likeness (QED) is 0.630. The lowest BCUT2D eigenvalue weighted by Gasteiger charge is -2.47. The zero-order chi connectivity index (χ0) is 23.2. The van der Waals surface area contributed by atoms with Crippen LogP contribution in [0.1, 0.15) is 59.8 Å². The molecule has 0 saturated heterocycles. The van der Waals surface area contributed by atoms with Gasteiger partial charge in [0.25, 0.3) is 0 Å². The molecule has 0 aliphatic heterocycles. The van der Waals surface area contributed by atoms with Crippen LogP contribution in [0, 0.1) is 34.0 Å². The zero-order valence-corrected chi connectivity index (χ0v) is 20.9. The van der Waals surface area contributed by atoms with E-state index in [0.717, 1.165) is 32.1 Å². The van der Waals surface area contributed by atoms with Crippen LogP contribution in [-0.2, 0) is 14.5 Å². The summed E-state index contributed by atoms with van der Waals surface area (Å²) in [4.78, 5) is 15.1. The molecule has 5 heteroatoms. The van der Waals surface area contributed by atoms with Gasteiger partial charge in [0.1, 0.15) is 5.60 Å². The maximum atomic E-state index is 14.5. The van der Waals surface area contributed by atoms with Crippen molar-refractivity contribution in [2.75, 3.05) is 12.8 Å². The summed E-state index contributed by atoms with van der Waals surface area (Å²) in [7, 11) is -1.40. The lowest BCUT2D eigenvalue weighted by molar-refractivity contribution is -0.145. The second-order valence-electron chi connectivity index (χ2n) is 11.4. The standard InChI is InChI=1S/C27H37NO3S/c1-18(2)21-14-15-26-16-19-10-9-13-22(19)25(26,4)27(30,23(29)24(21,26)3)17-32(31,28-5)20-11-7-6-8-12-20/h6-8,11-13,18-19,21,30H,9-10,14-17H2,1-5H3/t19-,21+,24-,25+,26+,27-,32?/m0/s1. The third kappa shape index (κ3) is 2.28. The van der Waals surface area contributed by atoms with Crippen molar-refractivity contribution in [2.45, 2.75) is 70.3 Å². The molecule has 4 aliphatic rings. The number of hydrogen-bond donors (Lipinski definition) is 1. The van der Waals surface area contributed by atoms with Crippen LogP contribution in [0.15, 0.2) is 51.2 Å². The fourth-order valence-corrected chi connectivity index (χ4v) is 11.0. The fraction of sp³-hybridized carbons (Fsp3) is 0.667. The highest BCUT2D eigenvalue weighted by Crippen LogP contribution is 2.82. The highest BCUT2D eigenvalue weighted by molar-refractivity contribution is 7.93. The van der Waals surface area contributed by atoms with Crippen LogP contribution in [0.25, 0.3) is 0 Å². The molecule has 0 heterocycles. The summed E-state index contributed by atoms with van der Waals surface area (Å²) in [6.07, 6.45) is 7.36. The topological polar surface area (TPSA) is 66.7 Å². The van der Waals surface area contributed by atoms with E-state index >= 15 is 0 Å². The Balaban J connectivity index is 1.74. The minimum absolute atomic E-state index is 0.0812. The van der Waals surface area contributed by atoms with Gasteiger partial charge in [0.05, 0.1) is 15.5 Å². The van der Waals surface area contributed by atoms with Crippen molar-refractivity contribution < 1.29 is 14.1 Å². The normalized spacial score (nSPS) is 44.2. The number of aliphatic hydroxyl groups is 1. The first-order valence-corrected chi connectivity index (χ1v) is 13.9. The van der Waals surface area contributed by atoms with Crippen LogP contribution in [0.2, 0.25) is 0 Å². The number of Topliss-reactive ketones (excluding diaryl/α,β-unsaturated/α-hetero) is 1. The molecule has 0 radical (unpaired) electrons. The molecule has 1 unspecified atom stereocenters. The van der Waals surface area contributed by atoms with Gasteiger partial charge in [0.15, 0.2) is 5.78 Å². The number of carbonyl (C=O) groups excluding carboxylic acids is 1. The molecule has 0 amide bonds. The summed E-state index contributed by atoms with van der Waals surface area (Å²) >= 11 is 0. The first-order valence-electron chi connectivity index (χ1n) is 12.2. The Morgan fingerprint density at radius 1 is 1.19 bits per heavy atom. The van der Waals surface area contributed by atoms with Gasteiger partial charge in [-0.05, 0) is 67.4 Å². The van der Waals surface area contributed by atoms with Gasteiger partial charge in [-0.15, -0.1) is 0 Å². The minimum Gasteiger partial charge on any atom is -0.380 e. The van der Waals surface area contributed by atoms with Gasteiger partial charge in [0.2, 0.25) is 0 Å². The molecular weight excluding hydrogens is 418 g/mol. The van der Waals surface area contributed by atoms with Crippen LogP contribution >= 0.6 is 0 Å². The maximum absolute atomic E-state index is 14.5. The second kappa shape index (κ2) is 6.79. The molecule has 1 spiro atoms. The molecule has 0 aromatic heterocycles. The fourth-order valence-electron chi connectivity index (χ4n) is 8.93. The number of hydrogen-bond acceptors (Lipinski definition) is 4. The number of benzene rings is 1. The molecule has 3 saturated carbocycles. The van der Waals surface area contributed by atoms with Crippen molar-refractivity contribution in [1.82, 2.24) is 0 Å². The summed E-state index contributed by atoms with van der Waals surface area (Å²) in [6, 6.07) is 9.19. The Morgan fingerprint density at radius 2 is 1.88 bits per heavy atom. The van der Waals surface area contributed by atoms with Gasteiger partial charge in [0, 0.05) is 22.8 Å². The monoisotopic (exact) mass is 455 g/mol. The number of carbonyl (C=O) groups is 1. The summed E-state index contributed by atoms with van der Waals surface area (Å²) < 4.78 is 18.6. The Kier molecular flexibility index (Phi) is 4.74. The summed E-state index contributed by atoms with van der Waals surface area (Å²) in [5.41, 5.74) is -2.01. The third-order valence-electron chi connectivity index (χ3n) is 10.4.